The van der Waals surface area contributed by atoms with Crippen molar-refractivity contribution in [1.82, 2.24) is 10.2 Å². The van der Waals surface area contributed by atoms with Crippen molar-refractivity contribution in [3.8, 4) is 0 Å². The van der Waals surface area contributed by atoms with Gasteiger partial charge in [0.1, 0.15) is 6.54 Å². The summed E-state index contributed by atoms with van der Waals surface area (Å²) in [5.74, 6) is -0.557. The predicted molar refractivity (Wildman–Crippen MR) is 84.6 cm³/mol. The van der Waals surface area contributed by atoms with Gasteiger partial charge in [-0.1, -0.05) is 30.3 Å². The molecule has 1 saturated heterocycles. The molecule has 1 aromatic rings. The molecule has 5 nitrogen and oxygen atoms in total. The Kier molecular flexibility index (Phi) is 5.95. The fraction of sp³-hybridized carbons (Fsp3) is 0.529. The lowest BCUT2D eigenvalue weighted by molar-refractivity contribution is -0.138. The summed E-state index contributed by atoms with van der Waals surface area (Å²) in [6, 6.07) is 10.2. The SMILES string of the molecule is CC(C(=O)NCC(=O)O)N1CCC(Cc2ccccc2)CC1. The van der Waals surface area contributed by atoms with Crippen molar-refractivity contribution < 1.29 is 14.7 Å². The van der Waals surface area contributed by atoms with Crippen LogP contribution in [-0.2, 0) is 16.0 Å². The maximum absolute atomic E-state index is 11.9. The van der Waals surface area contributed by atoms with Crippen molar-refractivity contribution in [1.29, 1.82) is 0 Å². The molecule has 0 spiro atoms. The van der Waals surface area contributed by atoms with E-state index >= 15 is 0 Å². The zero-order valence-corrected chi connectivity index (χ0v) is 13.0. The lowest BCUT2D eigenvalue weighted by Crippen LogP contribution is -2.49. The van der Waals surface area contributed by atoms with Crippen LogP contribution >= 0.6 is 0 Å². The van der Waals surface area contributed by atoms with Crippen molar-refractivity contribution in [2.45, 2.75) is 32.2 Å². The Morgan fingerprint density at radius 3 is 2.50 bits per heavy atom. The third kappa shape index (κ3) is 4.84. The number of carboxylic acid groups (broad SMARTS) is 1. The number of aliphatic carboxylic acids is 1. The maximum atomic E-state index is 11.9. The summed E-state index contributed by atoms with van der Waals surface area (Å²) >= 11 is 0. The van der Waals surface area contributed by atoms with Crippen molar-refractivity contribution in [2.24, 2.45) is 5.92 Å². The maximum Gasteiger partial charge on any atom is 0.322 e. The smallest absolute Gasteiger partial charge is 0.322 e. The van der Waals surface area contributed by atoms with Gasteiger partial charge in [-0.15, -0.1) is 0 Å². The summed E-state index contributed by atoms with van der Waals surface area (Å²) in [5, 5.41) is 11.1. The Morgan fingerprint density at radius 1 is 1.27 bits per heavy atom. The number of hydrogen-bond acceptors (Lipinski definition) is 3. The average molecular weight is 304 g/mol. The van der Waals surface area contributed by atoms with Crippen LogP contribution in [0.5, 0.6) is 0 Å². The Labute approximate surface area is 131 Å². The Balaban J connectivity index is 1.76. The normalized spacial score (nSPS) is 17.9. The molecule has 1 unspecified atom stereocenters. The van der Waals surface area contributed by atoms with Crippen LogP contribution in [-0.4, -0.2) is 47.6 Å². The molecule has 1 aliphatic rings. The van der Waals surface area contributed by atoms with Crippen LogP contribution in [0.2, 0.25) is 0 Å². The second-order valence-corrected chi connectivity index (χ2v) is 5.96. The Hall–Kier alpha value is -1.88. The van der Waals surface area contributed by atoms with Crippen LogP contribution in [0.4, 0.5) is 0 Å². The van der Waals surface area contributed by atoms with E-state index in [9.17, 15) is 9.59 Å². The summed E-state index contributed by atoms with van der Waals surface area (Å²) in [7, 11) is 0. The van der Waals surface area contributed by atoms with Gasteiger partial charge in [0.15, 0.2) is 0 Å². The zero-order chi connectivity index (χ0) is 15.9. The van der Waals surface area contributed by atoms with Crippen LogP contribution in [0.15, 0.2) is 30.3 Å². The molecule has 0 bridgehead atoms. The number of hydrogen-bond donors (Lipinski definition) is 2. The van der Waals surface area contributed by atoms with E-state index in [0.29, 0.717) is 5.92 Å². The summed E-state index contributed by atoms with van der Waals surface area (Å²) in [5.41, 5.74) is 1.37. The highest BCUT2D eigenvalue weighted by atomic mass is 16.4. The molecule has 1 fully saturated rings. The molecule has 120 valence electrons. The van der Waals surface area contributed by atoms with Gasteiger partial charge in [0, 0.05) is 0 Å². The van der Waals surface area contributed by atoms with E-state index in [1.807, 2.05) is 13.0 Å². The van der Waals surface area contributed by atoms with Crippen LogP contribution in [0.3, 0.4) is 0 Å². The molecule has 1 aromatic carbocycles. The molecule has 5 heteroatoms. The molecule has 2 N–H and O–H groups in total. The van der Waals surface area contributed by atoms with Crippen LogP contribution in [0.25, 0.3) is 0 Å². The minimum Gasteiger partial charge on any atom is -0.480 e. The highest BCUT2D eigenvalue weighted by molar-refractivity contribution is 5.84. The summed E-state index contributed by atoms with van der Waals surface area (Å²) in [4.78, 5) is 24.5. The number of piperidine rings is 1. The minimum atomic E-state index is -1.01. The quantitative estimate of drug-likeness (QED) is 0.836. The van der Waals surface area contributed by atoms with Gasteiger partial charge in [0.05, 0.1) is 6.04 Å². The first kappa shape index (κ1) is 16.5. The third-order valence-electron chi connectivity index (χ3n) is 4.36. The highest BCUT2D eigenvalue weighted by Gasteiger charge is 2.26. The fourth-order valence-corrected chi connectivity index (χ4v) is 2.97. The standard InChI is InChI=1S/C17H24N2O3/c1-13(17(22)18-12-16(20)21)19-9-7-15(8-10-19)11-14-5-3-2-4-6-14/h2-6,13,15H,7-12H2,1H3,(H,18,22)(H,20,21). The molecule has 0 aromatic heterocycles. The third-order valence-corrected chi connectivity index (χ3v) is 4.36. The number of benzene rings is 1. The fourth-order valence-electron chi connectivity index (χ4n) is 2.97. The van der Waals surface area contributed by atoms with Crippen molar-refractivity contribution in [2.75, 3.05) is 19.6 Å². The van der Waals surface area contributed by atoms with Gasteiger partial charge in [-0.2, -0.15) is 0 Å². The van der Waals surface area contributed by atoms with Gasteiger partial charge >= 0.3 is 5.97 Å². The monoisotopic (exact) mass is 304 g/mol. The number of carbonyl (C=O) groups is 2. The van der Waals surface area contributed by atoms with E-state index in [0.717, 1.165) is 32.4 Å². The minimum absolute atomic E-state index is 0.205. The first-order chi connectivity index (χ1) is 10.6. The molecule has 2 rings (SSSR count). The van der Waals surface area contributed by atoms with E-state index in [2.05, 4.69) is 34.5 Å². The summed E-state index contributed by atoms with van der Waals surface area (Å²) in [6.07, 6.45) is 3.24. The highest BCUT2D eigenvalue weighted by Crippen LogP contribution is 2.22. The molecule has 0 radical (unpaired) electrons. The molecule has 1 atom stereocenters. The average Bonchev–Trinajstić information content (AvgIpc) is 2.53. The van der Waals surface area contributed by atoms with Gasteiger partial charge < -0.3 is 10.4 Å². The number of amides is 1. The second-order valence-electron chi connectivity index (χ2n) is 5.96. The van der Waals surface area contributed by atoms with E-state index in [4.69, 9.17) is 5.11 Å². The molecule has 1 heterocycles. The summed E-state index contributed by atoms with van der Waals surface area (Å²) < 4.78 is 0. The van der Waals surface area contributed by atoms with Crippen molar-refractivity contribution >= 4 is 11.9 Å². The first-order valence-electron chi connectivity index (χ1n) is 7.83. The van der Waals surface area contributed by atoms with Crippen molar-refractivity contribution in [3.05, 3.63) is 35.9 Å². The first-order valence-corrected chi connectivity index (χ1v) is 7.83. The lowest BCUT2D eigenvalue weighted by Gasteiger charge is -2.35. The van der Waals surface area contributed by atoms with E-state index < -0.39 is 5.97 Å². The molecule has 1 aliphatic heterocycles. The Morgan fingerprint density at radius 2 is 1.91 bits per heavy atom. The number of likely N-dealkylation sites (tertiary alicyclic amines) is 1. The number of nitrogens with one attached hydrogen (secondary N) is 1. The molecule has 0 saturated carbocycles. The molecule has 0 aliphatic carbocycles. The van der Waals surface area contributed by atoms with Gasteiger partial charge in [-0.05, 0) is 50.8 Å². The molecule has 22 heavy (non-hydrogen) atoms. The number of carboxylic acids is 1. The van der Waals surface area contributed by atoms with E-state index in [-0.39, 0.29) is 18.5 Å². The lowest BCUT2D eigenvalue weighted by atomic mass is 9.89. The molecular weight excluding hydrogens is 280 g/mol. The van der Waals surface area contributed by atoms with Gasteiger partial charge in [0.2, 0.25) is 5.91 Å². The van der Waals surface area contributed by atoms with E-state index in [1.165, 1.54) is 5.56 Å². The van der Waals surface area contributed by atoms with Crippen LogP contribution in [0, 0.1) is 5.92 Å². The number of carbonyl (C=O) groups excluding carboxylic acids is 1. The molecular formula is C17H24N2O3. The predicted octanol–water partition coefficient (Wildman–Crippen LogP) is 1.53. The summed E-state index contributed by atoms with van der Waals surface area (Å²) in [6.45, 7) is 3.31. The van der Waals surface area contributed by atoms with Crippen LogP contribution in [0.1, 0.15) is 25.3 Å². The topological polar surface area (TPSA) is 69.6 Å². The van der Waals surface area contributed by atoms with Gasteiger partial charge in [0.25, 0.3) is 0 Å². The number of nitrogens with zero attached hydrogens (tertiary/aromatic N) is 1. The Bertz CT molecular complexity index is 496. The van der Waals surface area contributed by atoms with Gasteiger partial charge in [-0.3, -0.25) is 14.5 Å². The van der Waals surface area contributed by atoms with Crippen molar-refractivity contribution in [3.63, 3.8) is 0 Å². The van der Waals surface area contributed by atoms with Gasteiger partial charge in [-0.25, -0.2) is 0 Å². The molecule has 1 amide bonds. The second kappa shape index (κ2) is 7.94. The zero-order valence-electron chi connectivity index (χ0n) is 13.0. The number of rotatable bonds is 6. The van der Waals surface area contributed by atoms with E-state index in [1.54, 1.807) is 0 Å². The van der Waals surface area contributed by atoms with Crippen LogP contribution < -0.4 is 5.32 Å². The largest absolute Gasteiger partial charge is 0.480 e.